The van der Waals surface area contributed by atoms with Gasteiger partial charge < -0.3 is 10.1 Å². The Morgan fingerprint density at radius 1 is 1.11 bits per heavy atom. The number of ether oxygens (including phenoxy) is 1. The summed E-state index contributed by atoms with van der Waals surface area (Å²) >= 11 is 6.99. The maximum absolute atomic E-state index is 5.35. The highest BCUT2D eigenvalue weighted by molar-refractivity contribution is 9.10. The minimum Gasteiger partial charge on any atom is -0.496 e. The van der Waals surface area contributed by atoms with Gasteiger partial charge in [0, 0.05) is 26.7 Å². The van der Waals surface area contributed by atoms with Crippen molar-refractivity contribution in [2.75, 3.05) is 12.4 Å². The second-order valence-electron chi connectivity index (χ2n) is 3.79. The molecule has 0 bridgehead atoms. The first kappa shape index (κ1) is 13.4. The van der Waals surface area contributed by atoms with E-state index in [-0.39, 0.29) is 0 Å². The molecule has 0 aromatic heterocycles. The molecule has 2 aromatic carbocycles. The van der Waals surface area contributed by atoms with Crippen molar-refractivity contribution in [3.63, 3.8) is 0 Å². The van der Waals surface area contributed by atoms with Crippen LogP contribution in [0.15, 0.2) is 51.4 Å². The van der Waals surface area contributed by atoms with Gasteiger partial charge in [0.25, 0.3) is 0 Å². The van der Waals surface area contributed by atoms with Gasteiger partial charge in [-0.2, -0.15) is 0 Å². The second-order valence-corrected chi connectivity index (χ2v) is 5.56. The van der Waals surface area contributed by atoms with E-state index in [1.807, 2.05) is 36.4 Å². The lowest BCUT2D eigenvalue weighted by molar-refractivity contribution is 0.410. The molecular formula is C14H13Br2NO. The van der Waals surface area contributed by atoms with Crippen molar-refractivity contribution in [3.05, 3.63) is 57.0 Å². The monoisotopic (exact) mass is 369 g/mol. The van der Waals surface area contributed by atoms with Crippen LogP contribution in [0, 0.1) is 0 Å². The number of halogens is 2. The SMILES string of the molecule is COc1ccc(Br)cc1CNc1ccccc1Br. The maximum Gasteiger partial charge on any atom is 0.123 e. The largest absolute Gasteiger partial charge is 0.496 e. The molecule has 18 heavy (non-hydrogen) atoms. The van der Waals surface area contributed by atoms with Crippen molar-refractivity contribution in [2.45, 2.75) is 6.54 Å². The van der Waals surface area contributed by atoms with E-state index in [4.69, 9.17) is 4.74 Å². The van der Waals surface area contributed by atoms with Crippen LogP contribution in [-0.4, -0.2) is 7.11 Å². The third kappa shape index (κ3) is 3.27. The van der Waals surface area contributed by atoms with Gasteiger partial charge in [0.2, 0.25) is 0 Å². The summed E-state index contributed by atoms with van der Waals surface area (Å²) in [5, 5.41) is 3.38. The van der Waals surface area contributed by atoms with Crippen LogP contribution in [0.1, 0.15) is 5.56 Å². The van der Waals surface area contributed by atoms with Crippen LogP contribution in [0.4, 0.5) is 5.69 Å². The van der Waals surface area contributed by atoms with Crippen LogP contribution in [0.3, 0.4) is 0 Å². The van der Waals surface area contributed by atoms with Crippen LogP contribution in [0.25, 0.3) is 0 Å². The molecule has 94 valence electrons. The van der Waals surface area contributed by atoms with E-state index in [0.29, 0.717) is 6.54 Å². The lowest BCUT2D eigenvalue weighted by atomic mass is 10.2. The van der Waals surface area contributed by atoms with Gasteiger partial charge in [0.1, 0.15) is 5.75 Å². The Morgan fingerprint density at radius 2 is 1.89 bits per heavy atom. The lowest BCUT2D eigenvalue weighted by Crippen LogP contribution is -2.02. The summed E-state index contributed by atoms with van der Waals surface area (Å²) in [6, 6.07) is 14.0. The van der Waals surface area contributed by atoms with Crippen molar-refractivity contribution >= 4 is 37.5 Å². The Kier molecular flexibility index (Phi) is 4.66. The normalized spacial score (nSPS) is 10.2. The van der Waals surface area contributed by atoms with Gasteiger partial charge >= 0.3 is 0 Å². The Morgan fingerprint density at radius 3 is 2.61 bits per heavy atom. The van der Waals surface area contributed by atoms with Crippen molar-refractivity contribution in [1.82, 2.24) is 0 Å². The third-order valence-corrected chi connectivity index (χ3v) is 3.77. The van der Waals surface area contributed by atoms with Gasteiger partial charge in [-0.3, -0.25) is 0 Å². The molecule has 0 atom stereocenters. The predicted octanol–water partition coefficient (Wildman–Crippen LogP) is 4.83. The molecule has 2 aromatic rings. The number of nitrogens with one attached hydrogen (secondary N) is 1. The summed E-state index contributed by atoms with van der Waals surface area (Å²) in [7, 11) is 1.69. The van der Waals surface area contributed by atoms with E-state index in [1.165, 1.54) is 0 Å². The number of anilines is 1. The summed E-state index contributed by atoms with van der Waals surface area (Å²) in [5.74, 6) is 0.887. The summed E-state index contributed by atoms with van der Waals surface area (Å²) in [6.45, 7) is 0.714. The highest BCUT2D eigenvalue weighted by Crippen LogP contribution is 2.26. The molecule has 2 nitrogen and oxygen atoms in total. The second kappa shape index (κ2) is 6.25. The fourth-order valence-corrected chi connectivity index (χ4v) is 2.51. The van der Waals surface area contributed by atoms with Crippen LogP contribution < -0.4 is 10.1 Å². The van der Waals surface area contributed by atoms with Crippen molar-refractivity contribution < 1.29 is 4.74 Å². The highest BCUT2D eigenvalue weighted by Gasteiger charge is 2.04. The number of benzene rings is 2. The van der Waals surface area contributed by atoms with Crippen molar-refractivity contribution in [1.29, 1.82) is 0 Å². The summed E-state index contributed by atoms with van der Waals surface area (Å²) < 4.78 is 7.45. The average Bonchev–Trinajstić information content (AvgIpc) is 2.38. The number of hydrogen-bond acceptors (Lipinski definition) is 2. The van der Waals surface area contributed by atoms with E-state index < -0.39 is 0 Å². The zero-order chi connectivity index (χ0) is 13.0. The standard InChI is InChI=1S/C14H13Br2NO/c1-18-14-7-6-11(15)8-10(14)9-17-13-5-3-2-4-12(13)16/h2-8,17H,9H2,1H3. The smallest absolute Gasteiger partial charge is 0.123 e. The zero-order valence-corrected chi connectivity index (χ0v) is 13.1. The molecule has 0 heterocycles. The first-order valence-corrected chi connectivity index (χ1v) is 7.10. The Bertz CT molecular complexity index is 543. The Labute approximate surface area is 124 Å². The van der Waals surface area contributed by atoms with Gasteiger partial charge in [-0.15, -0.1) is 0 Å². The van der Waals surface area contributed by atoms with Crippen LogP contribution >= 0.6 is 31.9 Å². The van der Waals surface area contributed by atoms with Crippen LogP contribution in [0.2, 0.25) is 0 Å². The molecule has 0 amide bonds. The van der Waals surface area contributed by atoms with Gasteiger partial charge in [0.05, 0.1) is 7.11 Å². The minimum absolute atomic E-state index is 0.714. The van der Waals surface area contributed by atoms with E-state index in [9.17, 15) is 0 Å². The van der Waals surface area contributed by atoms with Gasteiger partial charge in [-0.25, -0.2) is 0 Å². The van der Waals surface area contributed by atoms with Crippen molar-refractivity contribution in [3.8, 4) is 5.75 Å². The van der Waals surface area contributed by atoms with Crippen LogP contribution in [-0.2, 0) is 6.54 Å². The molecule has 0 aliphatic carbocycles. The highest BCUT2D eigenvalue weighted by atomic mass is 79.9. The molecule has 4 heteroatoms. The summed E-state index contributed by atoms with van der Waals surface area (Å²) in [6.07, 6.45) is 0. The molecule has 0 radical (unpaired) electrons. The Balaban J connectivity index is 2.15. The average molecular weight is 371 g/mol. The minimum atomic E-state index is 0.714. The molecule has 0 spiro atoms. The van der Waals surface area contributed by atoms with Gasteiger partial charge in [-0.05, 0) is 46.3 Å². The molecule has 0 aliphatic rings. The fraction of sp³-hybridized carbons (Fsp3) is 0.143. The number of para-hydroxylation sites is 1. The van der Waals surface area contributed by atoms with Gasteiger partial charge in [0.15, 0.2) is 0 Å². The number of methoxy groups -OCH3 is 1. The predicted molar refractivity (Wildman–Crippen MR) is 82.2 cm³/mol. The third-order valence-electron chi connectivity index (χ3n) is 2.59. The summed E-state index contributed by atoms with van der Waals surface area (Å²) in [5.41, 5.74) is 2.18. The summed E-state index contributed by atoms with van der Waals surface area (Å²) in [4.78, 5) is 0. The van der Waals surface area contributed by atoms with E-state index in [0.717, 1.165) is 25.9 Å². The number of rotatable bonds is 4. The van der Waals surface area contributed by atoms with Crippen molar-refractivity contribution in [2.24, 2.45) is 0 Å². The molecule has 2 rings (SSSR count). The van der Waals surface area contributed by atoms with E-state index >= 15 is 0 Å². The topological polar surface area (TPSA) is 21.3 Å². The molecule has 0 unspecified atom stereocenters. The quantitative estimate of drug-likeness (QED) is 0.831. The first-order valence-electron chi connectivity index (χ1n) is 5.51. The van der Waals surface area contributed by atoms with E-state index in [1.54, 1.807) is 7.11 Å². The van der Waals surface area contributed by atoms with Gasteiger partial charge in [-0.1, -0.05) is 28.1 Å². The molecule has 0 aliphatic heterocycles. The molecule has 0 saturated heterocycles. The molecule has 0 fully saturated rings. The lowest BCUT2D eigenvalue weighted by Gasteiger charge is -2.12. The number of hydrogen-bond donors (Lipinski definition) is 1. The Hall–Kier alpha value is -1.00. The first-order chi connectivity index (χ1) is 8.70. The van der Waals surface area contributed by atoms with E-state index in [2.05, 4.69) is 43.2 Å². The maximum atomic E-state index is 5.35. The fourth-order valence-electron chi connectivity index (χ4n) is 1.68. The zero-order valence-electron chi connectivity index (χ0n) is 9.91. The van der Waals surface area contributed by atoms with Crippen LogP contribution in [0.5, 0.6) is 5.75 Å². The molecular weight excluding hydrogens is 358 g/mol. The molecule has 0 saturated carbocycles. The molecule has 1 N–H and O–H groups in total.